The average Bonchev–Trinajstić information content (AvgIpc) is 2.15. The van der Waals surface area contributed by atoms with Crippen molar-refractivity contribution in [2.24, 2.45) is 0 Å². The van der Waals surface area contributed by atoms with Gasteiger partial charge in [-0.15, -0.1) is 0 Å². The molecule has 0 radical (unpaired) electrons. The van der Waals surface area contributed by atoms with E-state index in [4.69, 9.17) is 34.8 Å². The Labute approximate surface area is 96.6 Å². The number of nitrogens with zero attached hydrogens (tertiary/aromatic N) is 1. The zero-order valence-corrected chi connectivity index (χ0v) is 9.58. The Morgan fingerprint density at radius 2 is 1.79 bits per heavy atom. The van der Waals surface area contributed by atoms with Gasteiger partial charge in [0.15, 0.2) is 0 Å². The minimum atomic E-state index is 0.310. The fraction of sp³-hybridized carbons (Fsp3) is 0.100. The Balaban J connectivity index is 2.89. The number of pyridine rings is 1. The molecule has 0 aliphatic heterocycles. The maximum atomic E-state index is 5.96. The molecule has 0 aliphatic carbocycles. The molecule has 0 atom stereocenters. The highest BCUT2D eigenvalue weighted by Crippen LogP contribution is 2.29. The van der Waals surface area contributed by atoms with Crippen LogP contribution in [-0.4, -0.2) is 4.98 Å². The minimum Gasteiger partial charge on any atom is -0.234 e. The molecule has 0 spiro atoms. The van der Waals surface area contributed by atoms with E-state index in [2.05, 4.69) is 4.98 Å². The second kappa shape index (κ2) is 3.58. The predicted octanol–water partition coefficient (Wildman–Crippen LogP) is 4.50. The molecule has 0 amide bonds. The van der Waals surface area contributed by atoms with Crippen LogP contribution < -0.4 is 0 Å². The highest BCUT2D eigenvalue weighted by molar-refractivity contribution is 6.41. The SMILES string of the molecule is Cc1c(Cl)ccc2cc(Cl)c(Cl)nc12. The van der Waals surface area contributed by atoms with E-state index in [0.29, 0.717) is 15.2 Å². The summed E-state index contributed by atoms with van der Waals surface area (Å²) in [5.74, 6) is 0. The van der Waals surface area contributed by atoms with Gasteiger partial charge in [0.25, 0.3) is 0 Å². The number of fused-ring (bicyclic) bond motifs is 1. The smallest absolute Gasteiger partial charge is 0.148 e. The van der Waals surface area contributed by atoms with Gasteiger partial charge in [-0.2, -0.15) is 0 Å². The Morgan fingerprint density at radius 3 is 2.50 bits per heavy atom. The highest BCUT2D eigenvalue weighted by Gasteiger charge is 2.06. The summed E-state index contributed by atoms with van der Waals surface area (Å²) >= 11 is 17.6. The summed E-state index contributed by atoms with van der Waals surface area (Å²) < 4.78 is 0. The number of aryl methyl sites for hydroxylation is 1. The van der Waals surface area contributed by atoms with Crippen LogP contribution in [0.3, 0.4) is 0 Å². The van der Waals surface area contributed by atoms with Crippen LogP contribution in [0.15, 0.2) is 18.2 Å². The molecule has 14 heavy (non-hydrogen) atoms. The fourth-order valence-electron chi connectivity index (χ4n) is 1.31. The first-order chi connectivity index (χ1) is 6.59. The summed E-state index contributed by atoms with van der Waals surface area (Å²) in [5, 5.41) is 2.40. The molecular weight excluding hydrogens is 240 g/mol. The van der Waals surface area contributed by atoms with E-state index in [9.17, 15) is 0 Å². The van der Waals surface area contributed by atoms with Gasteiger partial charge in [0.1, 0.15) is 5.15 Å². The predicted molar refractivity (Wildman–Crippen MR) is 61.5 cm³/mol. The van der Waals surface area contributed by atoms with Crippen LogP contribution in [-0.2, 0) is 0 Å². The minimum absolute atomic E-state index is 0.310. The third-order valence-electron chi connectivity index (χ3n) is 2.09. The van der Waals surface area contributed by atoms with E-state index in [0.717, 1.165) is 16.5 Å². The van der Waals surface area contributed by atoms with Crippen molar-refractivity contribution in [3.05, 3.63) is 39.0 Å². The molecule has 1 aromatic heterocycles. The van der Waals surface area contributed by atoms with E-state index in [1.54, 1.807) is 6.07 Å². The van der Waals surface area contributed by atoms with Crippen molar-refractivity contribution < 1.29 is 0 Å². The first-order valence-electron chi connectivity index (χ1n) is 4.00. The largest absolute Gasteiger partial charge is 0.234 e. The molecule has 1 aromatic carbocycles. The number of hydrogen-bond acceptors (Lipinski definition) is 1. The van der Waals surface area contributed by atoms with Gasteiger partial charge in [-0.25, -0.2) is 4.98 Å². The Morgan fingerprint density at radius 1 is 1.07 bits per heavy atom. The van der Waals surface area contributed by atoms with Crippen molar-refractivity contribution in [2.45, 2.75) is 6.92 Å². The zero-order valence-electron chi connectivity index (χ0n) is 7.31. The summed E-state index contributed by atoms with van der Waals surface area (Å²) in [4.78, 5) is 4.18. The topological polar surface area (TPSA) is 12.9 Å². The van der Waals surface area contributed by atoms with Crippen LogP contribution in [0.5, 0.6) is 0 Å². The molecule has 72 valence electrons. The molecule has 1 heterocycles. The lowest BCUT2D eigenvalue weighted by molar-refractivity contribution is 1.37. The highest BCUT2D eigenvalue weighted by atomic mass is 35.5. The van der Waals surface area contributed by atoms with Crippen LogP contribution >= 0.6 is 34.8 Å². The summed E-state index contributed by atoms with van der Waals surface area (Å²) in [6.07, 6.45) is 0. The first kappa shape index (κ1) is 10.0. The normalized spacial score (nSPS) is 10.9. The van der Waals surface area contributed by atoms with Crippen LogP contribution in [0.4, 0.5) is 0 Å². The molecule has 0 unspecified atom stereocenters. The maximum Gasteiger partial charge on any atom is 0.148 e. The van der Waals surface area contributed by atoms with Gasteiger partial charge >= 0.3 is 0 Å². The molecule has 2 aromatic rings. The lowest BCUT2D eigenvalue weighted by Gasteiger charge is -2.04. The van der Waals surface area contributed by atoms with Crippen LogP contribution in [0.25, 0.3) is 10.9 Å². The summed E-state index contributed by atoms with van der Waals surface area (Å²) in [6.45, 7) is 1.90. The van der Waals surface area contributed by atoms with E-state index in [1.807, 2.05) is 19.1 Å². The molecule has 2 rings (SSSR count). The third-order valence-corrected chi connectivity index (χ3v) is 3.17. The molecule has 0 bridgehead atoms. The monoisotopic (exact) mass is 245 g/mol. The van der Waals surface area contributed by atoms with Crippen molar-refractivity contribution in [3.8, 4) is 0 Å². The molecule has 0 saturated carbocycles. The van der Waals surface area contributed by atoms with Crippen molar-refractivity contribution in [1.29, 1.82) is 0 Å². The molecule has 0 saturated heterocycles. The van der Waals surface area contributed by atoms with E-state index >= 15 is 0 Å². The average molecular weight is 247 g/mol. The van der Waals surface area contributed by atoms with Crippen molar-refractivity contribution in [1.82, 2.24) is 4.98 Å². The summed E-state index contributed by atoms with van der Waals surface area (Å²) in [5.41, 5.74) is 1.72. The number of rotatable bonds is 0. The summed E-state index contributed by atoms with van der Waals surface area (Å²) in [7, 11) is 0. The molecule has 4 heteroatoms. The van der Waals surface area contributed by atoms with Gasteiger partial charge in [-0.1, -0.05) is 40.9 Å². The van der Waals surface area contributed by atoms with Gasteiger partial charge < -0.3 is 0 Å². The number of halogens is 3. The standard InChI is InChI=1S/C10H6Cl3N/c1-5-7(11)3-2-6-4-8(12)10(13)14-9(5)6/h2-4H,1H3. The second-order valence-electron chi connectivity index (χ2n) is 3.01. The maximum absolute atomic E-state index is 5.96. The molecular formula is C10H6Cl3N. The van der Waals surface area contributed by atoms with Gasteiger partial charge in [-0.05, 0) is 24.6 Å². The fourth-order valence-corrected chi connectivity index (χ4v) is 1.76. The van der Waals surface area contributed by atoms with Gasteiger partial charge in [0.2, 0.25) is 0 Å². The first-order valence-corrected chi connectivity index (χ1v) is 5.14. The number of aromatic nitrogens is 1. The molecule has 0 aliphatic rings. The zero-order chi connectivity index (χ0) is 10.3. The van der Waals surface area contributed by atoms with Crippen molar-refractivity contribution >= 4 is 45.7 Å². The van der Waals surface area contributed by atoms with Gasteiger partial charge in [0, 0.05) is 10.4 Å². The van der Waals surface area contributed by atoms with Gasteiger partial charge in [-0.3, -0.25) is 0 Å². The Hall–Kier alpha value is -0.500. The quantitative estimate of drug-likeness (QED) is 0.624. The number of benzene rings is 1. The Kier molecular flexibility index (Phi) is 2.56. The van der Waals surface area contributed by atoms with Crippen LogP contribution in [0.1, 0.15) is 5.56 Å². The molecule has 0 fully saturated rings. The Bertz CT molecular complexity index is 508. The van der Waals surface area contributed by atoms with Crippen LogP contribution in [0.2, 0.25) is 15.2 Å². The number of hydrogen-bond donors (Lipinski definition) is 0. The summed E-state index contributed by atoms with van der Waals surface area (Å²) in [6, 6.07) is 5.49. The molecule has 1 nitrogen and oxygen atoms in total. The lowest BCUT2D eigenvalue weighted by Crippen LogP contribution is -1.86. The van der Waals surface area contributed by atoms with Gasteiger partial charge in [0.05, 0.1) is 10.5 Å². The van der Waals surface area contributed by atoms with Crippen LogP contribution in [0, 0.1) is 6.92 Å². The molecule has 0 N–H and O–H groups in total. The van der Waals surface area contributed by atoms with E-state index < -0.39 is 0 Å². The second-order valence-corrected chi connectivity index (χ2v) is 4.18. The van der Waals surface area contributed by atoms with E-state index in [-0.39, 0.29) is 0 Å². The van der Waals surface area contributed by atoms with Crippen molar-refractivity contribution in [2.75, 3.05) is 0 Å². The third kappa shape index (κ3) is 1.56. The lowest BCUT2D eigenvalue weighted by atomic mass is 10.1. The van der Waals surface area contributed by atoms with Crippen molar-refractivity contribution in [3.63, 3.8) is 0 Å². The van der Waals surface area contributed by atoms with E-state index in [1.165, 1.54) is 0 Å².